The summed E-state index contributed by atoms with van der Waals surface area (Å²) in [6.45, 7) is 1.42. The number of carbonyl (C=O) groups excluding carboxylic acids is 3. The summed E-state index contributed by atoms with van der Waals surface area (Å²) in [6, 6.07) is 11.7. The van der Waals surface area contributed by atoms with Crippen molar-refractivity contribution in [2.24, 2.45) is 0 Å². The lowest BCUT2D eigenvalue weighted by Crippen LogP contribution is -2.32. The SMILES string of the molecule is COc1ccc(NC(=O)[C@H](C)OC(=O)CCNC(=O)c2ccc([N+](=O)[O-])cc2)cc1. The molecule has 30 heavy (non-hydrogen) atoms. The number of nitrogens with zero attached hydrogens (tertiary/aromatic N) is 1. The van der Waals surface area contributed by atoms with Crippen molar-refractivity contribution in [3.05, 3.63) is 64.2 Å². The van der Waals surface area contributed by atoms with E-state index in [4.69, 9.17) is 9.47 Å². The fourth-order valence-corrected chi connectivity index (χ4v) is 2.34. The second-order valence-corrected chi connectivity index (χ2v) is 6.16. The fraction of sp³-hybridized carbons (Fsp3) is 0.250. The van der Waals surface area contributed by atoms with Gasteiger partial charge in [-0.1, -0.05) is 0 Å². The number of nitrogens with one attached hydrogen (secondary N) is 2. The first-order valence-electron chi connectivity index (χ1n) is 8.97. The number of nitro benzene ring substituents is 1. The second-order valence-electron chi connectivity index (χ2n) is 6.16. The summed E-state index contributed by atoms with van der Waals surface area (Å²) in [5.41, 5.74) is 0.622. The number of esters is 1. The molecule has 10 nitrogen and oxygen atoms in total. The number of ether oxygens (including phenoxy) is 2. The topological polar surface area (TPSA) is 137 Å². The zero-order chi connectivity index (χ0) is 22.1. The van der Waals surface area contributed by atoms with Crippen LogP contribution in [0.4, 0.5) is 11.4 Å². The molecule has 0 heterocycles. The molecule has 2 N–H and O–H groups in total. The molecule has 0 bridgehead atoms. The number of anilines is 1. The van der Waals surface area contributed by atoms with Crippen LogP contribution < -0.4 is 15.4 Å². The number of hydrogen-bond acceptors (Lipinski definition) is 7. The van der Waals surface area contributed by atoms with Crippen LogP contribution in [0.1, 0.15) is 23.7 Å². The highest BCUT2D eigenvalue weighted by Gasteiger charge is 2.18. The van der Waals surface area contributed by atoms with Gasteiger partial charge in [0.25, 0.3) is 17.5 Å². The predicted octanol–water partition coefficient (Wildman–Crippen LogP) is 2.29. The molecule has 2 aromatic rings. The Hall–Kier alpha value is -3.95. The van der Waals surface area contributed by atoms with Gasteiger partial charge in [0.2, 0.25) is 0 Å². The van der Waals surface area contributed by atoms with Gasteiger partial charge < -0.3 is 20.1 Å². The molecular weight excluding hydrogens is 394 g/mol. The molecule has 2 rings (SSSR count). The Kier molecular flexibility index (Phi) is 7.86. The molecule has 0 aliphatic heterocycles. The maximum Gasteiger partial charge on any atom is 0.308 e. The van der Waals surface area contributed by atoms with Crippen molar-refractivity contribution in [3.8, 4) is 5.75 Å². The Morgan fingerprint density at radius 2 is 1.70 bits per heavy atom. The first kappa shape index (κ1) is 22.3. The van der Waals surface area contributed by atoms with Crippen molar-refractivity contribution >= 4 is 29.2 Å². The lowest BCUT2D eigenvalue weighted by molar-refractivity contribution is -0.384. The van der Waals surface area contributed by atoms with Gasteiger partial charge in [-0.25, -0.2) is 0 Å². The van der Waals surface area contributed by atoms with Gasteiger partial charge in [-0.2, -0.15) is 0 Å². The van der Waals surface area contributed by atoms with Crippen LogP contribution in [0.3, 0.4) is 0 Å². The minimum absolute atomic E-state index is 0.0124. The molecule has 0 saturated heterocycles. The number of methoxy groups -OCH3 is 1. The van der Waals surface area contributed by atoms with E-state index in [0.29, 0.717) is 11.4 Å². The molecule has 0 spiro atoms. The third-order valence-corrected chi connectivity index (χ3v) is 3.99. The number of carbonyl (C=O) groups is 3. The molecule has 0 fully saturated rings. The van der Waals surface area contributed by atoms with Crippen LogP contribution in [0.2, 0.25) is 0 Å². The monoisotopic (exact) mass is 415 g/mol. The van der Waals surface area contributed by atoms with Gasteiger partial charge in [-0.05, 0) is 43.3 Å². The fourth-order valence-electron chi connectivity index (χ4n) is 2.34. The van der Waals surface area contributed by atoms with E-state index in [1.54, 1.807) is 24.3 Å². The van der Waals surface area contributed by atoms with Crippen LogP contribution >= 0.6 is 0 Å². The molecule has 0 aliphatic carbocycles. The van der Waals surface area contributed by atoms with Crippen LogP contribution in [0, 0.1) is 10.1 Å². The Labute approximate surface area is 172 Å². The summed E-state index contributed by atoms with van der Waals surface area (Å²) in [4.78, 5) is 46.0. The molecular formula is C20H21N3O7. The van der Waals surface area contributed by atoms with Gasteiger partial charge in [-0.15, -0.1) is 0 Å². The Bertz CT molecular complexity index is 911. The Balaban J connectivity index is 1.74. The highest BCUT2D eigenvalue weighted by Crippen LogP contribution is 2.15. The minimum atomic E-state index is -1.02. The molecule has 10 heteroatoms. The van der Waals surface area contributed by atoms with Gasteiger partial charge in [-0.3, -0.25) is 24.5 Å². The standard InChI is InChI=1S/C20H21N3O7/c1-13(19(25)22-15-5-9-17(29-2)10-6-15)30-18(24)11-12-21-20(26)14-3-7-16(8-4-14)23(27)28/h3-10,13H,11-12H2,1-2H3,(H,21,26)(H,22,25)/t13-/m0/s1. The maximum absolute atomic E-state index is 12.1. The van der Waals surface area contributed by atoms with E-state index >= 15 is 0 Å². The van der Waals surface area contributed by atoms with E-state index in [2.05, 4.69) is 10.6 Å². The highest BCUT2D eigenvalue weighted by atomic mass is 16.6. The van der Waals surface area contributed by atoms with Crippen LogP contribution in [0.25, 0.3) is 0 Å². The van der Waals surface area contributed by atoms with E-state index < -0.39 is 28.8 Å². The van der Waals surface area contributed by atoms with E-state index in [0.717, 1.165) is 0 Å². The first-order chi connectivity index (χ1) is 14.3. The van der Waals surface area contributed by atoms with Crippen molar-refractivity contribution < 1.29 is 28.8 Å². The number of benzene rings is 2. The number of rotatable bonds is 9. The van der Waals surface area contributed by atoms with Crippen molar-refractivity contribution in [1.29, 1.82) is 0 Å². The van der Waals surface area contributed by atoms with Crippen molar-refractivity contribution in [1.82, 2.24) is 5.32 Å². The summed E-state index contributed by atoms with van der Waals surface area (Å²) in [5, 5.41) is 15.7. The van der Waals surface area contributed by atoms with Crippen LogP contribution in [0.5, 0.6) is 5.75 Å². The summed E-state index contributed by atoms with van der Waals surface area (Å²) in [6.07, 6.45) is -1.16. The maximum atomic E-state index is 12.1. The summed E-state index contributed by atoms with van der Waals surface area (Å²) in [7, 11) is 1.53. The van der Waals surface area contributed by atoms with E-state index in [1.807, 2.05) is 0 Å². The summed E-state index contributed by atoms with van der Waals surface area (Å²) >= 11 is 0. The normalized spacial score (nSPS) is 11.1. The quantitative estimate of drug-likeness (QED) is 0.364. The van der Waals surface area contributed by atoms with Crippen LogP contribution in [-0.2, 0) is 14.3 Å². The minimum Gasteiger partial charge on any atom is -0.497 e. The zero-order valence-electron chi connectivity index (χ0n) is 16.4. The zero-order valence-corrected chi connectivity index (χ0v) is 16.4. The van der Waals surface area contributed by atoms with Crippen molar-refractivity contribution in [2.45, 2.75) is 19.4 Å². The smallest absolute Gasteiger partial charge is 0.308 e. The van der Waals surface area contributed by atoms with Gasteiger partial charge in [0.05, 0.1) is 18.5 Å². The molecule has 0 saturated carbocycles. The largest absolute Gasteiger partial charge is 0.497 e. The number of hydrogen-bond donors (Lipinski definition) is 2. The molecule has 1 atom stereocenters. The summed E-state index contributed by atoms with van der Waals surface area (Å²) < 4.78 is 10.1. The van der Waals surface area contributed by atoms with Gasteiger partial charge >= 0.3 is 5.97 Å². The number of amides is 2. The van der Waals surface area contributed by atoms with Gasteiger partial charge in [0.1, 0.15) is 5.75 Å². The lowest BCUT2D eigenvalue weighted by atomic mass is 10.2. The van der Waals surface area contributed by atoms with Crippen molar-refractivity contribution in [3.63, 3.8) is 0 Å². The highest BCUT2D eigenvalue weighted by molar-refractivity contribution is 5.95. The van der Waals surface area contributed by atoms with Gasteiger partial charge in [0, 0.05) is 29.9 Å². The molecule has 2 aromatic carbocycles. The number of non-ortho nitro benzene ring substituents is 1. The molecule has 0 aliphatic rings. The van der Waals surface area contributed by atoms with Crippen LogP contribution in [-0.4, -0.2) is 42.5 Å². The molecule has 2 amide bonds. The lowest BCUT2D eigenvalue weighted by Gasteiger charge is -2.14. The summed E-state index contributed by atoms with van der Waals surface area (Å²) in [5.74, 6) is -0.994. The van der Waals surface area contributed by atoms with E-state index in [1.165, 1.54) is 38.3 Å². The number of nitro groups is 1. The Morgan fingerprint density at radius 1 is 1.07 bits per heavy atom. The van der Waals surface area contributed by atoms with Crippen LogP contribution in [0.15, 0.2) is 48.5 Å². The third-order valence-electron chi connectivity index (χ3n) is 3.99. The third kappa shape index (κ3) is 6.59. The Morgan fingerprint density at radius 3 is 2.27 bits per heavy atom. The predicted molar refractivity (Wildman–Crippen MR) is 107 cm³/mol. The molecule has 0 unspecified atom stereocenters. The second kappa shape index (κ2) is 10.6. The van der Waals surface area contributed by atoms with E-state index in [-0.39, 0.29) is 24.2 Å². The first-order valence-corrected chi connectivity index (χ1v) is 8.97. The van der Waals surface area contributed by atoms with Gasteiger partial charge in [0.15, 0.2) is 6.10 Å². The molecule has 0 aromatic heterocycles. The van der Waals surface area contributed by atoms with Crippen molar-refractivity contribution in [2.75, 3.05) is 19.0 Å². The molecule has 0 radical (unpaired) electrons. The average molecular weight is 415 g/mol. The average Bonchev–Trinajstić information content (AvgIpc) is 2.74. The molecule has 158 valence electrons. The van der Waals surface area contributed by atoms with E-state index in [9.17, 15) is 24.5 Å².